The zero-order valence-corrected chi connectivity index (χ0v) is 19.4. The number of nitrogens with zero attached hydrogens (tertiary/aromatic N) is 4. The van der Waals surface area contributed by atoms with E-state index in [0.29, 0.717) is 27.9 Å². The lowest BCUT2D eigenvalue weighted by atomic mass is 9.87. The largest absolute Gasteiger partial charge is 0.321 e. The number of likely N-dealkylation sites (N-methyl/N-ethyl adjacent to an activating group) is 1. The Morgan fingerprint density at radius 2 is 1.91 bits per heavy atom. The van der Waals surface area contributed by atoms with E-state index in [1.807, 2.05) is 12.1 Å². The van der Waals surface area contributed by atoms with Gasteiger partial charge in [-0.3, -0.25) is 24.3 Å². The fraction of sp³-hybridized carbons (Fsp3) is 0.417. The van der Waals surface area contributed by atoms with Crippen LogP contribution in [0.4, 0.5) is 11.4 Å². The van der Waals surface area contributed by atoms with Gasteiger partial charge in [-0.2, -0.15) is 0 Å². The molecule has 3 aliphatic heterocycles. The van der Waals surface area contributed by atoms with Crippen LogP contribution in [-0.2, 0) is 9.59 Å². The molecular formula is C24H26ClN5O3. The number of hydrogen-bond acceptors (Lipinski definition) is 5. The van der Waals surface area contributed by atoms with Crippen molar-refractivity contribution in [1.82, 2.24) is 14.8 Å². The highest BCUT2D eigenvalue weighted by Gasteiger charge is 2.59. The normalized spacial score (nSPS) is 23.5. The van der Waals surface area contributed by atoms with Crippen LogP contribution in [0.25, 0.3) is 0 Å². The van der Waals surface area contributed by atoms with E-state index in [0.717, 1.165) is 31.5 Å². The minimum Gasteiger partial charge on any atom is -0.321 e. The predicted octanol–water partition coefficient (Wildman–Crippen LogP) is 3.09. The number of benzene rings is 1. The number of amides is 3. The third-order valence-electron chi connectivity index (χ3n) is 7.18. The number of likely N-dealkylation sites (tertiary alicyclic amines) is 1. The quantitative estimate of drug-likeness (QED) is 0.749. The lowest BCUT2D eigenvalue weighted by Crippen LogP contribution is -2.68. The van der Waals surface area contributed by atoms with Gasteiger partial charge < -0.3 is 15.1 Å². The van der Waals surface area contributed by atoms with Gasteiger partial charge >= 0.3 is 0 Å². The van der Waals surface area contributed by atoms with Crippen molar-refractivity contribution in [3.05, 3.63) is 52.8 Å². The molecular weight excluding hydrogens is 442 g/mol. The lowest BCUT2D eigenvalue weighted by Gasteiger charge is -2.47. The number of rotatable bonds is 3. The molecule has 172 valence electrons. The SMILES string of the molecule is CN1CCC(c2ccc3c(c2)N2C(=O)CCC2(C(=O)Nc2cncc(Cl)c2)N(C)C3=O)CC1. The Bertz CT molecular complexity index is 1150. The molecule has 33 heavy (non-hydrogen) atoms. The van der Waals surface area contributed by atoms with Crippen molar-refractivity contribution < 1.29 is 14.4 Å². The van der Waals surface area contributed by atoms with E-state index in [2.05, 4.69) is 22.2 Å². The van der Waals surface area contributed by atoms with Gasteiger partial charge in [0, 0.05) is 26.1 Å². The second-order valence-corrected chi connectivity index (χ2v) is 9.55. The van der Waals surface area contributed by atoms with Crippen LogP contribution in [0.1, 0.15) is 47.5 Å². The van der Waals surface area contributed by atoms with Gasteiger partial charge in [-0.25, -0.2) is 0 Å². The maximum absolute atomic E-state index is 13.6. The van der Waals surface area contributed by atoms with E-state index in [4.69, 9.17) is 11.6 Å². The fourth-order valence-electron chi connectivity index (χ4n) is 5.30. The first-order chi connectivity index (χ1) is 15.8. The van der Waals surface area contributed by atoms with Crippen LogP contribution < -0.4 is 10.2 Å². The van der Waals surface area contributed by atoms with Gasteiger partial charge in [-0.1, -0.05) is 17.7 Å². The molecule has 1 aromatic heterocycles. The van der Waals surface area contributed by atoms with Crippen molar-refractivity contribution in [3.63, 3.8) is 0 Å². The van der Waals surface area contributed by atoms with Gasteiger partial charge in [-0.15, -0.1) is 0 Å². The number of carbonyl (C=O) groups excluding carboxylic acids is 3. The third-order valence-corrected chi connectivity index (χ3v) is 7.38. The fourth-order valence-corrected chi connectivity index (χ4v) is 5.47. The minimum absolute atomic E-state index is 0.171. The predicted molar refractivity (Wildman–Crippen MR) is 125 cm³/mol. The standard InChI is InChI=1S/C24H26ClN5O3/c1-28-9-6-15(7-10-28)16-3-4-19-20(11-16)30-21(31)5-8-24(30,29(2)22(19)32)23(33)27-18-12-17(25)13-26-14-18/h3-4,11-15H,5-10H2,1-2H3,(H,27,33). The first-order valence-electron chi connectivity index (χ1n) is 11.2. The topological polar surface area (TPSA) is 85.8 Å². The van der Waals surface area contributed by atoms with Crippen molar-refractivity contribution in [2.45, 2.75) is 37.3 Å². The number of nitrogens with one attached hydrogen (secondary N) is 1. The molecule has 4 heterocycles. The van der Waals surface area contributed by atoms with E-state index >= 15 is 0 Å². The number of piperidine rings is 1. The number of aromatic nitrogens is 1. The van der Waals surface area contributed by atoms with E-state index in [1.165, 1.54) is 22.2 Å². The van der Waals surface area contributed by atoms with Crippen molar-refractivity contribution >= 4 is 40.7 Å². The van der Waals surface area contributed by atoms with Crippen LogP contribution in [0.3, 0.4) is 0 Å². The molecule has 1 atom stereocenters. The van der Waals surface area contributed by atoms with E-state index in [-0.39, 0.29) is 24.7 Å². The Balaban J connectivity index is 1.55. The number of carbonyl (C=O) groups is 3. The van der Waals surface area contributed by atoms with Crippen molar-refractivity contribution in [1.29, 1.82) is 0 Å². The number of halogens is 1. The molecule has 0 bridgehead atoms. The summed E-state index contributed by atoms with van der Waals surface area (Å²) in [7, 11) is 3.69. The Morgan fingerprint density at radius 1 is 1.15 bits per heavy atom. The maximum Gasteiger partial charge on any atom is 0.271 e. The molecule has 1 N–H and O–H groups in total. The molecule has 0 spiro atoms. The Morgan fingerprint density at radius 3 is 2.64 bits per heavy atom. The Kier molecular flexibility index (Phi) is 5.37. The number of pyridine rings is 1. The van der Waals surface area contributed by atoms with Gasteiger partial charge in [-0.05, 0) is 62.7 Å². The van der Waals surface area contributed by atoms with Crippen molar-refractivity contribution in [3.8, 4) is 0 Å². The summed E-state index contributed by atoms with van der Waals surface area (Å²) in [5.74, 6) is -0.538. The van der Waals surface area contributed by atoms with Crippen LogP contribution in [0.5, 0.6) is 0 Å². The van der Waals surface area contributed by atoms with E-state index in [9.17, 15) is 14.4 Å². The summed E-state index contributed by atoms with van der Waals surface area (Å²) < 4.78 is 0. The second-order valence-electron chi connectivity index (χ2n) is 9.11. The summed E-state index contributed by atoms with van der Waals surface area (Å²) in [6.45, 7) is 2.01. The van der Waals surface area contributed by atoms with Crippen molar-refractivity contribution in [2.75, 3.05) is 37.4 Å². The molecule has 1 aromatic carbocycles. The van der Waals surface area contributed by atoms with Crippen LogP contribution in [0.2, 0.25) is 5.02 Å². The first kappa shape index (κ1) is 21.9. The Labute approximate surface area is 197 Å². The molecule has 0 aliphatic carbocycles. The third kappa shape index (κ3) is 3.48. The highest BCUT2D eigenvalue weighted by Crippen LogP contribution is 2.45. The number of hydrogen-bond donors (Lipinski definition) is 1. The number of fused-ring (bicyclic) bond motifs is 3. The summed E-state index contributed by atoms with van der Waals surface area (Å²) in [5.41, 5.74) is 1.04. The Hall–Kier alpha value is -2.97. The average molecular weight is 468 g/mol. The summed E-state index contributed by atoms with van der Waals surface area (Å²) in [6.07, 6.45) is 5.38. The molecule has 5 rings (SSSR count). The molecule has 8 nitrogen and oxygen atoms in total. The number of anilines is 2. The first-order valence-corrected chi connectivity index (χ1v) is 11.5. The van der Waals surface area contributed by atoms with Crippen LogP contribution in [-0.4, -0.2) is 65.4 Å². The highest BCUT2D eigenvalue weighted by atomic mass is 35.5. The van der Waals surface area contributed by atoms with Gasteiger partial charge in [0.2, 0.25) is 11.6 Å². The molecule has 2 aromatic rings. The molecule has 2 fully saturated rings. The molecule has 3 amide bonds. The molecule has 3 aliphatic rings. The van der Waals surface area contributed by atoms with Crippen molar-refractivity contribution in [2.24, 2.45) is 0 Å². The molecule has 9 heteroatoms. The smallest absolute Gasteiger partial charge is 0.271 e. The summed E-state index contributed by atoms with van der Waals surface area (Å²) >= 11 is 6.02. The van der Waals surface area contributed by atoms with Gasteiger partial charge in [0.1, 0.15) is 0 Å². The van der Waals surface area contributed by atoms with E-state index < -0.39 is 11.6 Å². The monoisotopic (exact) mass is 467 g/mol. The zero-order valence-electron chi connectivity index (χ0n) is 18.7. The second kappa shape index (κ2) is 8.11. The lowest BCUT2D eigenvalue weighted by molar-refractivity contribution is -0.128. The average Bonchev–Trinajstić information content (AvgIpc) is 3.16. The van der Waals surface area contributed by atoms with Crippen LogP contribution in [0.15, 0.2) is 36.7 Å². The minimum atomic E-state index is -1.44. The molecule has 1 unspecified atom stereocenters. The summed E-state index contributed by atoms with van der Waals surface area (Å²) in [5, 5.41) is 3.20. The maximum atomic E-state index is 13.6. The van der Waals surface area contributed by atoms with Gasteiger partial charge in [0.15, 0.2) is 0 Å². The van der Waals surface area contributed by atoms with Gasteiger partial charge in [0.25, 0.3) is 11.8 Å². The molecule has 0 saturated carbocycles. The van der Waals surface area contributed by atoms with Gasteiger partial charge in [0.05, 0.1) is 28.2 Å². The summed E-state index contributed by atoms with van der Waals surface area (Å²) in [6, 6.07) is 7.32. The van der Waals surface area contributed by atoms with E-state index in [1.54, 1.807) is 19.2 Å². The van der Waals surface area contributed by atoms with Crippen LogP contribution >= 0.6 is 11.6 Å². The van der Waals surface area contributed by atoms with Crippen LogP contribution in [0, 0.1) is 0 Å². The summed E-state index contributed by atoms with van der Waals surface area (Å²) in [4.78, 5) is 49.4. The molecule has 2 saturated heterocycles. The zero-order chi connectivity index (χ0) is 23.3. The molecule has 0 radical (unpaired) electrons. The highest BCUT2D eigenvalue weighted by molar-refractivity contribution is 6.30.